The van der Waals surface area contributed by atoms with E-state index in [2.05, 4.69) is 88.3 Å². The largest absolute Gasteiger partial charge is 0.497 e. The summed E-state index contributed by atoms with van der Waals surface area (Å²) in [7, 11) is 1.66. The van der Waals surface area contributed by atoms with Crippen LogP contribution in [0.4, 0.5) is 0 Å². The van der Waals surface area contributed by atoms with E-state index in [0.717, 1.165) is 90.3 Å². The molecule has 7 aromatic rings. The number of nitrogens with zero attached hydrogens (tertiary/aromatic N) is 4. The third-order valence-corrected chi connectivity index (χ3v) is 12.3. The summed E-state index contributed by atoms with van der Waals surface area (Å²) in [5.74, 6) is 1.74. The Kier molecular flexibility index (Phi) is 12.7. The number of imidazole rings is 1. The lowest BCUT2D eigenvalue weighted by molar-refractivity contribution is 0.0730. The fraction of sp³-hybridized carbons (Fsp3) is 0.250. The fourth-order valence-electron chi connectivity index (χ4n) is 8.77. The van der Waals surface area contributed by atoms with Crippen molar-refractivity contribution in [2.24, 2.45) is 11.5 Å². The number of nitrogen functional groups attached to an aromatic ring is 1. The van der Waals surface area contributed by atoms with Crippen molar-refractivity contribution in [3.05, 3.63) is 202 Å². The van der Waals surface area contributed by atoms with Gasteiger partial charge in [0, 0.05) is 55.7 Å². The van der Waals surface area contributed by atoms with Gasteiger partial charge in [0.15, 0.2) is 0 Å². The van der Waals surface area contributed by atoms with Gasteiger partial charge < -0.3 is 25.7 Å². The summed E-state index contributed by atoms with van der Waals surface area (Å²) in [6, 6.07) is 51.8. The van der Waals surface area contributed by atoms with Crippen molar-refractivity contribution in [2.45, 2.75) is 63.8 Å². The second-order valence-corrected chi connectivity index (χ2v) is 16.4. The summed E-state index contributed by atoms with van der Waals surface area (Å²) >= 11 is 0. The van der Waals surface area contributed by atoms with E-state index in [1.165, 1.54) is 11.1 Å². The van der Waals surface area contributed by atoms with Crippen molar-refractivity contribution in [1.82, 2.24) is 19.4 Å². The number of amidine groups is 1. The summed E-state index contributed by atoms with van der Waals surface area (Å²) in [6.45, 7) is 5.01. The van der Waals surface area contributed by atoms with E-state index in [1.54, 1.807) is 7.11 Å². The maximum Gasteiger partial charge on any atom is 0.254 e. The first-order chi connectivity index (χ1) is 29.8. The Balaban J connectivity index is 1.14. The van der Waals surface area contributed by atoms with Crippen molar-refractivity contribution >= 4 is 22.8 Å². The lowest BCUT2D eigenvalue weighted by Crippen LogP contribution is -2.44. The van der Waals surface area contributed by atoms with Crippen molar-refractivity contribution < 1.29 is 9.53 Å². The highest BCUT2D eigenvalue weighted by molar-refractivity contribution is 5.97. The van der Waals surface area contributed by atoms with Gasteiger partial charge in [-0.1, -0.05) is 121 Å². The van der Waals surface area contributed by atoms with Crippen LogP contribution in [0.25, 0.3) is 11.0 Å². The predicted octanol–water partition coefficient (Wildman–Crippen LogP) is 8.65. The topological polar surface area (TPSA) is 126 Å². The average Bonchev–Trinajstić information content (AvgIpc) is 3.65. The molecule has 1 amide bonds. The summed E-state index contributed by atoms with van der Waals surface area (Å²) in [5, 5.41) is 7.86. The second-order valence-electron chi connectivity index (χ2n) is 16.4. The minimum atomic E-state index is -0.110. The standard InChI is InChI=1S/C52H55N7O2/c1-61-46-14-8-11-42(31-46)36-58(35-41-17-15-39(33-53)16-18-41)51(60)44-24-25-48-47(32-44)56-49(26-21-38-19-22-43(23-20-38)50(54)55)59(48)37-52(45-12-6-3-7-13-45)27-29-57(30-28-52)34-40-9-4-2-5-10-40/h2-20,22-25,31-32H,21,26-30,33-37,53H2,1H3,(H3,54,55). The average molecular weight is 810 g/mol. The molecular formula is C52H55N7O2. The summed E-state index contributed by atoms with van der Waals surface area (Å²) < 4.78 is 7.96. The number of aryl methyl sites for hydroxylation is 2. The van der Waals surface area contributed by atoms with Crippen LogP contribution in [0.3, 0.4) is 0 Å². The number of carbonyl (C=O) groups is 1. The number of benzene rings is 6. The minimum Gasteiger partial charge on any atom is -0.497 e. The molecule has 0 unspecified atom stereocenters. The number of amides is 1. The Morgan fingerprint density at radius 2 is 1.36 bits per heavy atom. The van der Waals surface area contributed by atoms with Gasteiger partial charge in [0.2, 0.25) is 0 Å². The molecule has 1 aliphatic heterocycles. The minimum absolute atomic E-state index is 0.0614. The van der Waals surface area contributed by atoms with Crippen LogP contribution in [0.2, 0.25) is 0 Å². The molecule has 2 heterocycles. The molecule has 0 radical (unpaired) electrons. The molecule has 8 rings (SSSR count). The molecule has 1 aromatic heterocycles. The molecule has 1 fully saturated rings. The maximum absolute atomic E-state index is 14.7. The first-order valence-electron chi connectivity index (χ1n) is 21.2. The molecule has 1 aliphatic rings. The molecule has 0 atom stereocenters. The third kappa shape index (κ3) is 9.75. The Bertz CT molecular complexity index is 2560. The first kappa shape index (κ1) is 41.2. The Morgan fingerprint density at radius 3 is 2.05 bits per heavy atom. The summed E-state index contributed by atoms with van der Waals surface area (Å²) in [4.78, 5) is 24.5. The van der Waals surface area contributed by atoms with Gasteiger partial charge in [0.1, 0.15) is 17.4 Å². The molecule has 0 spiro atoms. The zero-order chi connectivity index (χ0) is 42.2. The van der Waals surface area contributed by atoms with Crippen molar-refractivity contribution in [3.63, 3.8) is 0 Å². The van der Waals surface area contributed by atoms with Gasteiger partial charge >= 0.3 is 0 Å². The Labute approximate surface area is 359 Å². The van der Waals surface area contributed by atoms with Gasteiger partial charge in [-0.3, -0.25) is 15.1 Å². The number of nitrogens with one attached hydrogen (secondary N) is 1. The number of hydrogen-bond acceptors (Lipinski definition) is 6. The lowest BCUT2D eigenvalue weighted by Gasteiger charge is -2.43. The van der Waals surface area contributed by atoms with Gasteiger partial charge in [-0.05, 0) is 96.1 Å². The van der Waals surface area contributed by atoms with Gasteiger partial charge in [0.25, 0.3) is 5.91 Å². The van der Waals surface area contributed by atoms with Crippen molar-refractivity contribution in [1.29, 1.82) is 5.41 Å². The molecule has 9 heteroatoms. The normalized spacial score (nSPS) is 13.9. The molecule has 5 N–H and O–H groups in total. The van der Waals surface area contributed by atoms with Crippen molar-refractivity contribution in [3.8, 4) is 5.75 Å². The zero-order valence-corrected chi connectivity index (χ0v) is 35.0. The van der Waals surface area contributed by atoms with Crippen LogP contribution in [0.15, 0.2) is 152 Å². The molecule has 0 saturated carbocycles. The van der Waals surface area contributed by atoms with Crippen molar-refractivity contribution in [2.75, 3.05) is 20.2 Å². The van der Waals surface area contributed by atoms with E-state index < -0.39 is 0 Å². The second kappa shape index (κ2) is 18.8. The van der Waals surface area contributed by atoms with Gasteiger partial charge in [0.05, 0.1) is 18.1 Å². The Morgan fingerprint density at radius 1 is 0.721 bits per heavy atom. The quantitative estimate of drug-likeness (QED) is 0.0663. The van der Waals surface area contributed by atoms with Gasteiger partial charge in [-0.2, -0.15) is 0 Å². The number of methoxy groups -OCH3 is 1. The number of carbonyl (C=O) groups excluding carboxylic acids is 1. The summed E-state index contributed by atoms with van der Waals surface area (Å²) in [5.41, 5.74) is 21.6. The Hall–Kier alpha value is -6.55. The molecule has 0 aliphatic carbocycles. The highest BCUT2D eigenvalue weighted by atomic mass is 16.5. The highest BCUT2D eigenvalue weighted by Crippen LogP contribution is 2.39. The predicted molar refractivity (Wildman–Crippen MR) is 245 cm³/mol. The van der Waals surface area contributed by atoms with E-state index in [1.807, 2.05) is 77.7 Å². The monoisotopic (exact) mass is 809 g/mol. The molecular weight excluding hydrogens is 755 g/mol. The zero-order valence-electron chi connectivity index (χ0n) is 35.0. The van der Waals surface area contributed by atoms with Gasteiger partial charge in [-0.25, -0.2) is 4.98 Å². The smallest absolute Gasteiger partial charge is 0.254 e. The van der Waals surface area contributed by atoms with Crippen LogP contribution in [0.5, 0.6) is 5.75 Å². The number of nitrogens with two attached hydrogens (primary N) is 2. The third-order valence-electron chi connectivity index (χ3n) is 12.3. The van der Waals surface area contributed by atoms with Crippen LogP contribution >= 0.6 is 0 Å². The maximum atomic E-state index is 14.7. The molecule has 1 saturated heterocycles. The molecule has 61 heavy (non-hydrogen) atoms. The fourth-order valence-corrected chi connectivity index (χ4v) is 8.77. The first-order valence-corrected chi connectivity index (χ1v) is 21.2. The van der Waals surface area contributed by atoms with Crippen LogP contribution in [0.1, 0.15) is 68.0 Å². The molecule has 0 bridgehead atoms. The van der Waals surface area contributed by atoms with E-state index in [4.69, 9.17) is 26.6 Å². The number of hydrogen-bond donors (Lipinski definition) is 3. The number of piperidine rings is 1. The van der Waals surface area contributed by atoms with E-state index in [0.29, 0.717) is 37.2 Å². The van der Waals surface area contributed by atoms with Crippen LogP contribution in [0, 0.1) is 5.41 Å². The SMILES string of the molecule is COc1cccc(CN(Cc2ccc(CN)cc2)C(=O)c2ccc3c(c2)nc(CCc2ccc(C(=N)N)cc2)n3CC2(c3ccccc3)CCN(Cc3ccccc3)CC2)c1. The van der Waals surface area contributed by atoms with E-state index >= 15 is 0 Å². The van der Waals surface area contributed by atoms with E-state index in [-0.39, 0.29) is 17.2 Å². The van der Waals surface area contributed by atoms with Gasteiger partial charge in [-0.15, -0.1) is 0 Å². The number of ether oxygens (including phenoxy) is 1. The lowest BCUT2D eigenvalue weighted by atomic mass is 9.72. The molecule has 310 valence electrons. The van der Waals surface area contributed by atoms with Crippen LogP contribution < -0.4 is 16.2 Å². The van der Waals surface area contributed by atoms with E-state index in [9.17, 15) is 4.79 Å². The van der Waals surface area contributed by atoms with Crippen LogP contribution in [-0.4, -0.2) is 51.3 Å². The number of likely N-dealkylation sites (tertiary alicyclic amines) is 1. The molecule has 9 nitrogen and oxygen atoms in total. The summed E-state index contributed by atoms with van der Waals surface area (Å²) in [6.07, 6.45) is 3.51. The number of fused-ring (bicyclic) bond motifs is 1. The van der Waals surface area contributed by atoms with Crippen LogP contribution in [-0.2, 0) is 51.0 Å². The highest BCUT2D eigenvalue weighted by Gasteiger charge is 2.37. The molecule has 6 aromatic carbocycles. The number of aromatic nitrogens is 2. The number of rotatable bonds is 16.